The number of hydrogen-bond donors (Lipinski definition) is 0. The van der Waals surface area contributed by atoms with Gasteiger partial charge in [0.1, 0.15) is 5.75 Å². The molecule has 0 aliphatic heterocycles. The summed E-state index contributed by atoms with van der Waals surface area (Å²) in [6.07, 6.45) is 4.27. The average molecular weight is 362 g/mol. The first-order chi connectivity index (χ1) is 8.21. The van der Waals surface area contributed by atoms with Crippen LogP contribution < -0.4 is 4.74 Å². The summed E-state index contributed by atoms with van der Waals surface area (Å²) in [5.41, 5.74) is 2.51. The van der Waals surface area contributed by atoms with Crippen LogP contribution in [0.25, 0.3) is 6.08 Å². The van der Waals surface area contributed by atoms with Gasteiger partial charge in [0.2, 0.25) is 0 Å². The Morgan fingerprint density at radius 1 is 1.35 bits per heavy atom. The molecule has 0 saturated carbocycles. The van der Waals surface area contributed by atoms with Crippen LogP contribution in [0.1, 0.15) is 32.3 Å². The highest BCUT2D eigenvalue weighted by Crippen LogP contribution is 2.26. The second-order valence-electron chi connectivity index (χ2n) is 3.82. The van der Waals surface area contributed by atoms with E-state index in [-0.39, 0.29) is 0 Å². The number of alkyl halides is 1. The highest BCUT2D eigenvalue weighted by molar-refractivity contribution is 9.10. The van der Waals surface area contributed by atoms with Gasteiger partial charge in [0.15, 0.2) is 0 Å². The zero-order valence-corrected chi connectivity index (χ0v) is 13.5. The molecule has 1 aromatic rings. The zero-order chi connectivity index (χ0) is 12.7. The van der Waals surface area contributed by atoms with Crippen LogP contribution >= 0.6 is 31.9 Å². The molecular weight excluding hydrogens is 344 g/mol. The van der Waals surface area contributed by atoms with Gasteiger partial charge in [-0.3, -0.25) is 0 Å². The van der Waals surface area contributed by atoms with Gasteiger partial charge in [-0.1, -0.05) is 57.4 Å². The van der Waals surface area contributed by atoms with Crippen molar-refractivity contribution in [1.82, 2.24) is 0 Å². The van der Waals surface area contributed by atoms with Crippen LogP contribution in [0.5, 0.6) is 5.75 Å². The van der Waals surface area contributed by atoms with Gasteiger partial charge in [-0.2, -0.15) is 0 Å². The molecule has 0 heterocycles. The third-order valence-electron chi connectivity index (χ3n) is 2.42. The van der Waals surface area contributed by atoms with Gasteiger partial charge in [-0.25, -0.2) is 0 Å². The first-order valence-electron chi connectivity index (χ1n) is 5.89. The fourth-order valence-corrected chi connectivity index (χ4v) is 2.37. The molecule has 0 fully saturated rings. The lowest BCUT2D eigenvalue weighted by Gasteiger charge is -2.10. The highest BCUT2D eigenvalue weighted by atomic mass is 79.9. The van der Waals surface area contributed by atoms with Gasteiger partial charge in [0.05, 0.1) is 6.61 Å². The third kappa shape index (κ3) is 4.84. The molecule has 0 atom stereocenters. The Labute approximate surface area is 121 Å². The average Bonchev–Trinajstić information content (AvgIpc) is 2.35. The maximum Gasteiger partial charge on any atom is 0.126 e. The minimum Gasteiger partial charge on any atom is -0.493 e. The maximum atomic E-state index is 5.75. The Kier molecular flexibility index (Phi) is 6.90. The molecule has 1 rings (SSSR count). The van der Waals surface area contributed by atoms with E-state index in [4.69, 9.17) is 4.74 Å². The topological polar surface area (TPSA) is 9.23 Å². The van der Waals surface area contributed by atoms with Crippen LogP contribution in [0.15, 0.2) is 28.2 Å². The molecule has 3 heteroatoms. The van der Waals surface area contributed by atoms with Crippen LogP contribution in [0.3, 0.4) is 0 Å². The molecule has 94 valence electrons. The lowest BCUT2D eigenvalue weighted by atomic mass is 10.1. The van der Waals surface area contributed by atoms with Crippen LogP contribution in [0.4, 0.5) is 0 Å². The molecule has 0 amide bonds. The first kappa shape index (κ1) is 14.8. The minimum atomic E-state index is 0.762. The molecule has 0 spiro atoms. The van der Waals surface area contributed by atoms with Crippen molar-refractivity contribution in [3.05, 3.63) is 33.8 Å². The Morgan fingerprint density at radius 2 is 2.12 bits per heavy atom. The van der Waals surface area contributed by atoms with Crippen molar-refractivity contribution in [3.8, 4) is 5.75 Å². The summed E-state index contributed by atoms with van der Waals surface area (Å²) in [5.74, 6) is 0.960. The quantitative estimate of drug-likeness (QED) is 0.614. The van der Waals surface area contributed by atoms with E-state index in [9.17, 15) is 0 Å². The van der Waals surface area contributed by atoms with Crippen molar-refractivity contribution >= 4 is 37.9 Å². The molecule has 1 nitrogen and oxygen atoms in total. The van der Waals surface area contributed by atoms with Crippen molar-refractivity contribution < 1.29 is 4.74 Å². The number of allylic oxidation sites excluding steroid dienone is 1. The molecule has 1 aromatic carbocycles. The van der Waals surface area contributed by atoms with Gasteiger partial charge in [0.25, 0.3) is 0 Å². The van der Waals surface area contributed by atoms with Crippen LogP contribution in [0.2, 0.25) is 0 Å². The SMILES string of the molecule is CCCOc1ccc(Br)cc1C=C(CC)CBr. The zero-order valence-electron chi connectivity index (χ0n) is 10.3. The second-order valence-corrected chi connectivity index (χ2v) is 5.30. The summed E-state index contributed by atoms with van der Waals surface area (Å²) in [6, 6.07) is 6.14. The summed E-state index contributed by atoms with van der Waals surface area (Å²) in [4.78, 5) is 0. The van der Waals surface area contributed by atoms with Gasteiger partial charge in [-0.15, -0.1) is 0 Å². The van der Waals surface area contributed by atoms with Gasteiger partial charge in [-0.05, 0) is 31.0 Å². The molecule has 0 saturated heterocycles. The van der Waals surface area contributed by atoms with Gasteiger partial charge >= 0.3 is 0 Å². The Morgan fingerprint density at radius 3 is 2.71 bits per heavy atom. The molecular formula is C14H18Br2O. The highest BCUT2D eigenvalue weighted by Gasteiger charge is 2.03. The number of hydrogen-bond acceptors (Lipinski definition) is 1. The van der Waals surface area contributed by atoms with Gasteiger partial charge in [0, 0.05) is 15.4 Å². The molecule has 0 aliphatic carbocycles. The predicted octanol–water partition coefficient (Wildman–Crippen LogP) is 5.43. The first-order valence-corrected chi connectivity index (χ1v) is 7.80. The Hall–Kier alpha value is -0.280. The van der Waals surface area contributed by atoms with Crippen molar-refractivity contribution in [2.24, 2.45) is 0 Å². The summed E-state index contributed by atoms with van der Waals surface area (Å²) in [6.45, 7) is 5.04. The van der Waals surface area contributed by atoms with Gasteiger partial charge < -0.3 is 4.74 Å². The molecule has 0 aromatic heterocycles. The van der Waals surface area contributed by atoms with Crippen LogP contribution in [0, 0.1) is 0 Å². The largest absolute Gasteiger partial charge is 0.493 e. The van der Waals surface area contributed by atoms with Crippen LogP contribution in [-0.4, -0.2) is 11.9 Å². The van der Waals surface area contributed by atoms with E-state index >= 15 is 0 Å². The standard InChI is InChI=1S/C14H18Br2O/c1-3-7-17-14-6-5-13(16)9-12(14)8-11(4-2)10-15/h5-6,8-9H,3-4,7,10H2,1-2H3. The second kappa shape index (κ2) is 7.93. The lowest BCUT2D eigenvalue weighted by molar-refractivity contribution is 0.316. The number of benzene rings is 1. The molecule has 0 aliphatic rings. The van der Waals surface area contributed by atoms with E-state index in [0.29, 0.717) is 0 Å². The van der Waals surface area contributed by atoms with Crippen molar-refractivity contribution in [1.29, 1.82) is 0 Å². The molecule has 0 unspecified atom stereocenters. The fourth-order valence-electron chi connectivity index (χ4n) is 1.43. The number of ether oxygens (including phenoxy) is 1. The molecule has 0 radical (unpaired) electrons. The summed E-state index contributed by atoms with van der Waals surface area (Å²) in [5, 5.41) is 0.906. The fraction of sp³-hybridized carbons (Fsp3) is 0.429. The lowest BCUT2D eigenvalue weighted by Crippen LogP contribution is -1.97. The molecule has 0 N–H and O–H groups in total. The summed E-state index contributed by atoms with van der Waals surface area (Å²) in [7, 11) is 0. The van der Waals surface area contributed by atoms with Crippen molar-refractivity contribution in [2.75, 3.05) is 11.9 Å². The van der Waals surface area contributed by atoms with E-state index < -0.39 is 0 Å². The van der Waals surface area contributed by atoms with E-state index in [1.165, 1.54) is 5.57 Å². The molecule has 0 bridgehead atoms. The minimum absolute atomic E-state index is 0.762. The van der Waals surface area contributed by atoms with Crippen molar-refractivity contribution in [2.45, 2.75) is 26.7 Å². The van der Waals surface area contributed by atoms with E-state index in [0.717, 1.165) is 40.6 Å². The third-order valence-corrected chi connectivity index (χ3v) is 3.63. The monoisotopic (exact) mass is 360 g/mol. The van der Waals surface area contributed by atoms with E-state index in [2.05, 4.69) is 57.8 Å². The summed E-state index contributed by atoms with van der Waals surface area (Å²) < 4.78 is 6.83. The van der Waals surface area contributed by atoms with E-state index in [1.54, 1.807) is 0 Å². The summed E-state index contributed by atoms with van der Waals surface area (Å²) >= 11 is 7.01. The predicted molar refractivity (Wildman–Crippen MR) is 82.0 cm³/mol. The maximum absolute atomic E-state index is 5.75. The normalized spacial score (nSPS) is 11.6. The Balaban J connectivity index is 3.01. The van der Waals surface area contributed by atoms with E-state index in [1.807, 2.05) is 12.1 Å². The smallest absolute Gasteiger partial charge is 0.126 e. The Bertz CT molecular complexity index is 380. The van der Waals surface area contributed by atoms with Crippen LogP contribution in [-0.2, 0) is 0 Å². The molecule has 17 heavy (non-hydrogen) atoms. The van der Waals surface area contributed by atoms with Crippen molar-refractivity contribution in [3.63, 3.8) is 0 Å². The number of halogens is 2. The number of rotatable bonds is 6.